The first-order valence-corrected chi connectivity index (χ1v) is 9.68. The SMILES string of the molecule is C#Cc1cccc(NC(=O)CNC(=NC)NCCCOCC2CCOCC2)c1. The topological polar surface area (TPSA) is 84.0 Å². The molecule has 0 spiro atoms. The van der Waals surface area contributed by atoms with Crippen LogP contribution in [0.15, 0.2) is 29.3 Å². The van der Waals surface area contributed by atoms with Gasteiger partial charge in [0.1, 0.15) is 0 Å². The number of terminal acetylenes is 1. The van der Waals surface area contributed by atoms with Crippen molar-refractivity contribution in [3.05, 3.63) is 29.8 Å². The molecule has 0 aliphatic carbocycles. The number of carbonyl (C=O) groups is 1. The van der Waals surface area contributed by atoms with Crippen molar-refractivity contribution in [3.8, 4) is 12.3 Å². The summed E-state index contributed by atoms with van der Waals surface area (Å²) in [4.78, 5) is 16.2. The Morgan fingerprint density at radius 2 is 2.18 bits per heavy atom. The van der Waals surface area contributed by atoms with E-state index < -0.39 is 0 Å². The highest BCUT2D eigenvalue weighted by Crippen LogP contribution is 2.14. The van der Waals surface area contributed by atoms with Crippen LogP contribution in [-0.2, 0) is 14.3 Å². The Morgan fingerprint density at radius 1 is 1.36 bits per heavy atom. The van der Waals surface area contributed by atoms with Gasteiger partial charge in [-0.25, -0.2) is 0 Å². The quantitative estimate of drug-likeness (QED) is 0.260. The summed E-state index contributed by atoms with van der Waals surface area (Å²) in [6.07, 6.45) is 8.41. The molecule has 1 fully saturated rings. The highest BCUT2D eigenvalue weighted by atomic mass is 16.5. The van der Waals surface area contributed by atoms with E-state index >= 15 is 0 Å². The third-order valence-electron chi connectivity index (χ3n) is 4.41. The highest BCUT2D eigenvalue weighted by Gasteiger charge is 2.13. The molecule has 1 aliphatic rings. The zero-order valence-corrected chi connectivity index (χ0v) is 16.5. The van der Waals surface area contributed by atoms with Crippen LogP contribution in [0, 0.1) is 18.3 Å². The summed E-state index contributed by atoms with van der Waals surface area (Å²) in [5, 5.41) is 8.97. The molecule has 3 N–H and O–H groups in total. The Labute approximate surface area is 167 Å². The van der Waals surface area contributed by atoms with Crippen molar-refractivity contribution < 1.29 is 14.3 Å². The molecule has 0 saturated carbocycles. The van der Waals surface area contributed by atoms with Crippen LogP contribution < -0.4 is 16.0 Å². The Hall–Kier alpha value is -2.56. The van der Waals surface area contributed by atoms with Crippen molar-refractivity contribution in [3.63, 3.8) is 0 Å². The lowest BCUT2D eigenvalue weighted by Crippen LogP contribution is -2.41. The maximum atomic E-state index is 12.1. The van der Waals surface area contributed by atoms with Gasteiger partial charge in [-0.15, -0.1) is 6.42 Å². The van der Waals surface area contributed by atoms with Crippen molar-refractivity contribution in [1.82, 2.24) is 10.6 Å². The average Bonchev–Trinajstić information content (AvgIpc) is 2.73. The number of hydrogen-bond donors (Lipinski definition) is 3. The lowest BCUT2D eigenvalue weighted by molar-refractivity contribution is -0.115. The minimum atomic E-state index is -0.170. The number of hydrogen-bond acceptors (Lipinski definition) is 4. The molecule has 0 bridgehead atoms. The maximum Gasteiger partial charge on any atom is 0.243 e. The zero-order valence-electron chi connectivity index (χ0n) is 16.5. The molecule has 1 aromatic carbocycles. The number of aliphatic imine (C=N–C) groups is 1. The molecule has 0 atom stereocenters. The Balaban J connectivity index is 1.56. The van der Waals surface area contributed by atoms with E-state index in [1.807, 2.05) is 12.1 Å². The van der Waals surface area contributed by atoms with Gasteiger partial charge in [-0.1, -0.05) is 12.0 Å². The molecule has 0 unspecified atom stereocenters. The number of rotatable bonds is 9. The summed E-state index contributed by atoms with van der Waals surface area (Å²) in [6.45, 7) is 4.03. The lowest BCUT2D eigenvalue weighted by Gasteiger charge is -2.21. The minimum Gasteiger partial charge on any atom is -0.381 e. The van der Waals surface area contributed by atoms with Gasteiger partial charge in [0.2, 0.25) is 5.91 Å². The Kier molecular flexibility index (Phi) is 9.91. The number of ether oxygens (including phenoxy) is 2. The summed E-state index contributed by atoms with van der Waals surface area (Å²) >= 11 is 0. The monoisotopic (exact) mass is 386 g/mol. The van der Waals surface area contributed by atoms with E-state index in [1.165, 1.54) is 0 Å². The molecule has 1 aromatic rings. The van der Waals surface area contributed by atoms with E-state index in [-0.39, 0.29) is 12.5 Å². The smallest absolute Gasteiger partial charge is 0.243 e. The van der Waals surface area contributed by atoms with E-state index in [4.69, 9.17) is 15.9 Å². The van der Waals surface area contributed by atoms with Crippen molar-refractivity contribution in [2.24, 2.45) is 10.9 Å². The van der Waals surface area contributed by atoms with Crippen LogP contribution >= 0.6 is 0 Å². The van der Waals surface area contributed by atoms with Crippen LogP contribution in [0.4, 0.5) is 5.69 Å². The summed E-state index contributed by atoms with van der Waals surface area (Å²) < 4.78 is 11.1. The standard InChI is InChI=1S/C21H30N4O3/c1-3-17-6-4-7-19(14-17)25-20(26)15-24-21(22-2)23-10-5-11-28-16-18-8-12-27-13-9-18/h1,4,6-7,14,18H,5,8-13,15-16H2,2H3,(H,25,26)(H2,22,23,24). The second kappa shape index (κ2) is 12.8. The number of nitrogens with one attached hydrogen (secondary N) is 3. The fourth-order valence-corrected chi connectivity index (χ4v) is 2.82. The summed E-state index contributed by atoms with van der Waals surface area (Å²) in [5.74, 6) is 3.58. The molecule has 1 saturated heterocycles. The summed E-state index contributed by atoms with van der Waals surface area (Å²) in [7, 11) is 1.67. The molecule has 1 amide bonds. The van der Waals surface area contributed by atoms with Gasteiger partial charge in [0.05, 0.1) is 6.54 Å². The van der Waals surface area contributed by atoms with Gasteiger partial charge in [0, 0.05) is 51.3 Å². The van der Waals surface area contributed by atoms with E-state index in [9.17, 15) is 4.79 Å². The van der Waals surface area contributed by atoms with Gasteiger partial charge in [-0.2, -0.15) is 0 Å². The van der Waals surface area contributed by atoms with Gasteiger partial charge in [0.25, 0.3) is 0 Å². The largest absolute Gasteiger partial charge is 0.381 e. The number of nitrogens with zero attached hydrogens (tertiary/aromatic N) is 1. The van der Waals surface area contributed by atoms with Crippen molar-refractivity contribution in [2.45, 2.75) is 19.3 Å². The van der Waals surface area contributed by atoms with Crippen LogP contribution in [0.2, 0.25) is 0 Å². The molecular weight excluding hydrogens is 356 g/mol. The maximum absolute atomic E-state index is 12.1. The van der Waals surface area contributed by atoms with E-state index in [2.05, 4.69) is 26.9 Å². The first-order chi connectivity index (χ1) is 13.7. The van der Waals surface area contributed by atoms with E-state index in [0.717, 1.165) is 51.2 Å². The predicted octanol–water partition coefficient (Wildman–Crippen LogP) is 1.60. The van der Waals surface area contributed by atoms with Crippen LogP contribution in [0.1, 0.15) is 24.8 Å². The van der Waals surface area contributed by atoms with Crippen molar-refractivity contribution in [1.29, 1.82) is 0 Å². The third kappa shape index (κ3) is 8.42. The fraction of sp³-hybridized carbons (Fsp3) is 0.524. The van der Waals surface area contributed by atoms with Gasteiger partial charge >= 0.3 is 0 Å². The number of amides is 1. The van der Waals surface area contributed by atoms with E-state index in [1.54, 1.807) is 19.2 Å². The molecular formula is C21H30N4O3. The van der Waals surface area contributed by atoms with Crippen molar-refractivity contribution in [2.75, 3.05) is 51.9 Å². The molecule has 1 aliphatic heterocycles. The van der Waals surface area contributed by atoms with Gasteiger partial charge in [-0.05, 0) is 43.4 Å². The lowest BCUT2D eigenvalue weighted by atomic mass is 10.0. The average molecular weight is 386 g/mol. The molecule has 1 heterocycles. The molecule has 28 heavy (non-hydrogen) atoms. The molecule has 0 radical (unpaired) electrons. The molecule has 152 valence electrons. The summed E-state index contributed by atoms with van der Waals surface area (Å²) in [6, 6.07) is 7.17. The van der Waals surface area contributed by atoms with Crippen molar-refractivity contribution >= 4 is 17.6 Å². The number of carbonyl (C=O) groups excluding carboxylic acids is 1. The normalized spacial score (nSPS) is 14.9. The molecule has 2 rings (SSSR count). The second-order valence-electron chi connectivity index (χ2n) is 6.61. The molecule has 7 heteroatoms. The van der Waals surface area contributed by atoms with Gasteiger partial charge in [-0.3, -0.25) is 9.79 Å². The van der Waals surface area contributed by atoms with Crippen LogP contribution in [0.3, 0.4) is 0 Å². The van der Waals surface area contributed by atoms with Gasteiger partial charge < -0.3 is 25.4 Å². The Bertz CT molecular complexity index is 678. The first-order valence-electron chi connectivity index (χ1n) is 9.68. The predicted molar refractivity (Wildman–Crippen MR) is 111 cm³/mol. The fourth-order valence-electron chi connectivity index (χ4n) is 2.82. The number of guanidine groups is 1. The van der Waals surface area contributed by atoms with Crippen LogP contribution in [-0.4, -0.2) is 58.4 Å². The van der Waals surface area contributed by atoms with Crippen LogP contribution in [0.5, 0.6) is 0 Å². The van der Waals surface area contributed by atoms with E-state index in [0.29, 0.717) is 24.2 Å². The third-order valence-corrected chi connectivity index (χ3v) is 4.41. The number of benzene rings is 1. The molecule has 7 nitrogen and oxygen atoms in total. The summed E-state index contributed by atoms with van der Waals surface area (Å²) in [5.41, 5.74) is 1.40. The van der Waals surface area contributed by atoms with Gasteiger partial charge in [0.15, 0.2) is 5.96 Å². The van der Waals surface area contributed by atoms with Crippen LogP contribution in [0.25, 0.3) is 0 Å². The number of anilines is 1. The first kappa shape index (κ1) is 21.7. The minimum absolute atomic E-state index is 0.111. The Morgan fingerprint density at radius 3 is 2.93 bits per heavy atom. The molecule has 0 aromatic heterocycles. The zero-order chi connectivity index (χ0) is 20.0. The second-order valence-corrected chi connectivity index (χ2v) is 6.61. The highest BCUT2D eigenvalue weighted by molar-refractivity contribution is 5.95.